The third-order valence-electron chi connectivity index (χ3n) is 3.02. The molecule has 1 aromatic carbocycles. The second-order valence-electron chi connectivity index (χ2n) is 4.83. The first-order valence-corrected chi connectivity index (χ1v) is 7.52. The molecule has 0 saturated carbocycles. The molecule has 3 N–H and O–H groups in total. The highest BCUT2D eigenvalue weighted by molar-refractivity contribution is 5.95. The van der Waals surface area contributed by atoms with Crippen molar-refractivity contribution in [3.05, 3.63) is 23.8 Å². The lowest BCUT2D eigenvalue weighted by molar-refractivity contribution is 0.0937. The van der Waals surface area contributed by atoms with Crippen LogP contribution in [0.5, 0.6) is 11.5 Å². The number of carbonyl (C=O) groups excluding carboxylic acids is 1. The van der Waals surface area contributed by atoms with Gasteiger partial charge in [-0.15, -0.1) is 0 Å². The molecule has 1 amide bonds. The van der Waals surface area contributed by atoms with Gasteiger partial charge in [0.15, 0.2) is 11.5 Å². The summed E-state index contributed by atoms with van der Waals surface area (Å²) in [6, 6.07) is 5.34. The molecular formula is C16H26N2O3. The molecule has 1 aromatic rings. The maximum Gasteiger partial charge on any atom is 0.251 e. The maximum absolute atomic E-state index is 12.2. The Morgan fingerprint density at radius 2 is 1.90 bits per heavy atom. The minimum Gasteiger partial charge on any atom is -0.490 e. The van der Waals surface area contributed by atoms with Crippen molar-refractivity contribution in [1.82, 2.24) is 5.32 Å². The molecule has 0 radical (unpaired) electrons. The van der Waals surface area contributed by atoms with Crippen molar-refractivity contribution in [2.24, 2.45) is 5.73 Å². The van der Waals surface area contributed by atoms with Crippen LogP contribution in [0.15, 0.2) is 18.2 Å². The largest absolute Gasteiger partial charge is 0.490 e. The summed E-state index contributed by atoms with van der Waals surface area (Å²) >= 11 is 0. The van der Waals surface area contributed by atoms with E-state index in [1.807, 2.05) is 20.8 Å². The topological polar surface area (TPSA) is 73.6 Å². The van der Waals surface area contributed by atoms with E-state index in [0.717, 1.165) is 12.8 Å². The SMILES string of the molecule is CCOc1ccc(C(=O)NC(C)CCCN)cc1OCC. The summed E-state index contributed by atoms with van der Waals surface area (Å²) in [7, 11) is 0. The Kier molecular flexibility index (Phi) is 7.61. The third-order valence-corrected chi connectivity index (χ3v) is 3.02. The summed E-state index contributed by atoms with van der Waals surface area (Å²) in [6.07, 6.45) is 1.77. The molecule has 0 aromatic heterocycles. The number of rotatable bonds is 9. The quantitative estimate of drug-likeness (QED) is 0.733. The van der Waals surface area contributed by atoms with Crippen LogP contribution in [0, 0.1) is 0 Å². The van der Waals surface area contributed by atoms with Gasteiger partial charge in [-0.05, 0) is 58.4 Å². The zero-order valence-electron chi connectivity index (χ0n) is 13.1. The van der Waals surface area contributed by atoms with Crippen molar-refractivity contribution < 1.29 is 14.3 Å². The van der Waals surface area contributed by atoms with Crippen molar-refractivity contribution in [3.8, 4) is 11.5 Å². The highest BCUT2D eigenvalue weighted by Crippen LogP contribution is 2.28. The average molecular weight is 294 g/mol. The van der Waals surface area contributed by atoms with E-state index < -0.39 is 0 Å². The Morgan fingerprint density at radius 1 is 1.24 bits per heavy atom. The second kappa shape index (κ2) is 9.23. The van der Waals surface area contributed by atoms with E-state index in [4.69, 9.17) is 15.2 Å². The summed E-state index contributed by atoms with van der Waals surface area (Å²) in [5, 5.41) is 2.96. The monoisotopic (exact) mass is 294 g/mol. The Hall–Kier alpha value is -1.75. The lowest BCUT2D eigenvalue weighted by atomic mass is 10.1. The fourth-order valence-corrected chi connectivity index (χ4v) is 2.00. The van der Waals surface area contributed by atoms with Gasteiger partial charge in [0, 0.05) is 11.6 Å². The van der Waals surface area contributed by atoms with Crippen LogP contribution >= 0.6 is 0 Å². The third kappa shape index (κ3) is 5.63. The first-order valence-electron chi connectivity index (χ1n) is 7.52. The molecule has 1 unspecified atom stereocenters. The number of nitrogens with one attached hydrogen (secondary N) is 1. The summed E-state index contributed by atoms with van der Waals surface area (Å²) in [5.41, 5.74) is 6.04. The minimum absolute atomic E-state index is 0.100. The number of carbonyl (C=O) groups is 1. The number of hydrogen-bond donors (Lipinski definition) is 2. The molecule has 0 spiro atoms. The Labute approximate surface area is 126 Å². The van der Waals surface area contributed by atoms with Gasteiger partial charge in [-0.1, -0.05) is 0 Å². The Balaban J connectivity index is 2.77. The number of amides is 1. The molecule has 0 saturated heterocycles. The summed E-state index contributed by atoms with van der Waals surface area (Å²) < 4.78 is 11.0. The fraction of sp³-hybridized carbons (Fsp3) is 0.562. The van der Waals surface area contributed by atoms with Crippen LogP contribution in [0.2, 0.25) is 0 Å². The zero-order valence-corrected chi connectivity index (χ0v) is 13.1. The highest BCUT2D eigenvalue weighted by Gasteiger charge is 2.13. The smallest absolute Gasteiger partial charge is 0.251 e. The van der Waals surface area contributed by atoms with Gasteiger partial charge >= 0.3 is 0 Å². The predicted octanol–water partition coefficient (Wildman–Crippen LogP) is 2.34. The zero-order chi connectivity index (χ0) is 15.7. The average Bonchev–Trinajstić information content (AvgIpc) is 2.47. The van der Waals surface area contributed by atoms with Crippen molar-refractivity contribution in [2.75, 3.05) is 19.8 Å². The van der Waals surface area contributed by atoms with Gasteiger partial charge < -0.3 is 20.5 Å². The van der Waals surface area contributed by atoms with Gasteiger partial charge in [-0.2, -0.15) is 0 Å². The van der Waals surface area contributed by atoms with Crippen LogP contribution in [0.25, 0.3) is 0 Å². The van der Waals surface area contributed by atoms with Gasteiger partial charge in [0.1, 0.15) is 0 Å². The molecule has 0 fully saturated rings. The molecule has 0 heterocycles. The van der Waals surface area contributed by atoms with Crippen LogP contribution in [-0.4, -0.2) is 31.7 Å². The minimum atomic E-state index is -0.108. The number of ether oxygens (including phenoxy) is 2. The lowest BCUT2D eigenvalue weighted by Gasteiger charge is -2.15. The number of nitrogens with two attached hydrogens (primary N) is 1. The summed E-state index contributed by atoms with van der Waals surface area (Å²) in [4.78, 5) is 12.2. The van der Waals surface area contributed by atoms with E-state index >= 15 is 0 Å². The van der Waals surface area contributed by atoms with Crippen LogP contribution in [-0.2, 0) is 0 Å². The molecule has 21 heavy (non-hydrogen) atoms. The maximum atomic E-state index is 12.2. The Morgan fingerprint density at radius 3 is 2.52 bits per heavy atom. The highest BCUT2D eigenvalue weighted by atomic mass is 16.5. The fourth-order valence-electron chi connectivity index (χ4n) is 2.00. The molecule has 1 atom stereocenters. The molecule has 0 aliphatic heterocycles. The summed E-state index contributed by atoms with van der Waals surface area (Å²) in [5.74, 6) is 1.15. The molecule has 0 bridgehead atoms. The van der Waals surface area contributed by atoms with Crippen molar-refractivity contribution in [3.63, 3.8) is 0 Å². The van der Waals surface area contributed by atoms with E-state index in [0.29, 0.717) is 36.8 Å². The number of hydrogen-bond acceptors (Lipinski definition) is 4. The van der Waals surface area contributed by atoms with E-state index in [9.17, 15) is 4.79 Å². The van der Waals surface area contributed by atoms with Crippen molar-refractivity contribution in [2.45, 2.75) is 39.7 Å². The van der Waals surface area contributed by atoms with Crippen LogP contribution in [0.3, 0.4) is 0 Å². The molecule has 0 aliphatic rings. The van der Waals surface area contributed by atoms with E-state index in [1.54, 1.807) is 18.2 Å². The van der Waals surface area contributed by atoms with Crippen LogP contribution in [0.1, 0.15) is 44.0 Å². The first kappa shape index (κ1) is 17.3. The molecule has 1 rings (SSSR count). The molecule has 118 valence electrons. The van der Waals surface area contributed by atoms with Crippen LogP contribution in [0.4, 0.5) is 0 Å². The van der Waals surface area contributed by atoms with Gasteiger partial charge in [-0.3, -0.25) is 4.79 Å². The standard InChI is InChI=1S/C16H26N2O3/c1-4-20-14-9-8-13(11-15(14)21-5-2)16(19)18-12(3)7-6-10-17/h8-9,11-12H,4-7,10,17H2,1-3H3,(H,18,19). The number of benzene rings is 1. The van der Waals surface area contributed by atoms with Gasteiger partial charge in [0.2, 0.25) is 0 Å². The lowest BCUT2D eigenvalue weighted by Crippen LogP contribution is -2.32. The van der Waals surface area contributed by atoms with Gasteiger partial charge in [-0.25, -0.2) is 0 Å². The second-order valence-corrected chi connectivity index (χ2v) is 4.83. The normalized spacial score (nSPS) is 11.8. The van der Waals surface area contributed by atoms with Crippen molar-refractivity contribution in [1.29, 1.82) is 0 Å². The molecule has 5 heteroatoms. The van der Waals surface area contributed by atoms with Gasteiger partial charge in [0.05, 0.1) is 13.2 Å². The van der Waals surface area contributed by atoms with Crippen molar-refractivity contribution >= 4 is 5.91 Å². The van der Waals surface area contributed by atoms with E-state index in [-0.39, 0.29) is 11.9 Å². The van der Waals surface area contributed by atoms with Crippen LogP contribution < -0.4 is 20.5 Å². The first-order chi connectivity index (χ1) is 10.1. The van der Waals surface area contributed by atoms with Gasteiger partial charge in [0.25, 0.3) is 5.91 Å². The predicted molar refractivity (Wildman–Crippen MR) is 84.0 cm³/mol. The Bertz CT molecular complexity index is 449. The molecule has 0 aliphatic carbocycles. The molecule has 5 nitrogen and oxygen atoms in total. The van der Waals surface area contributed by atoms with E-state index in [2.05, 4.69) is 5.32 Å². The van der Waals surface area contributed by atoms with E-state index in [1.165, 1.54) is 0 Å². The molecular weight excluding hydrogens is 268 g/mol. The summed E-state index contributed by atoms with van der Waals surface area (Å²) in [6.45, 7) is 7.51.